The highest BCUT2D eigenvalue weighted by molar-refractivity contribution is 7.99. The van der Waals surface area contributed by atoms with Gasteiger partial charge < -0.3 is 10.2 Å². The van der Waals surface area contributed by atoms with E-state index in [-0.39, 0.29) is 11.5 Å². The lowest BCUT2D eigenvalue weighted by Gasteiger charge is -2.14. The summed E-state index contributed by atoms with van der Waals surface area (Å²) in [6.45, 7) is 0. The SMILES string of the molecule is Oc1ccc(Sc2ccc(O)cc2-c2ccccc2)c(-c2ccccc2)c1. The van der Waals surface area contributed by atoms with Crippen molar-refractivity contribution in [3.63, 3.8) is 0 Å². The quantitative estimate of drug-likeness (QED) is 0.426. The molecule has 0 unspecified atom stereocenters. The maximum absolute atomic E-state index is 9.99. The van der Waals surface area contributed by atoms with Crippen LogP contribution in [0.1, 0.15) is 0 Å². The molecule has 0 saturated heterocycles. The Labute approximate surface area is 162 Å². The van der Waals surface area contributed by atoms with Gasteiger partial charge in [0.15, 0.2) is 0 Å². The summed E-state index contributed by atoms with van der Waals surface area (Å²) in [6, 6.07) is 30.9. The van der Waals surface area contributed by atoms with Gasteiger partial charge in [-0.1, -0.05) is 72.4 Å². The van der Waals surface area contributed by atoms with Gasteiger partial charge in [-0.25, -0.2) is 0 Å². The second-order valence-corrected chi connectivity index (χ2v) is 7.28. The third kappa shape index (κ3) is 3.83. The number of phenolic OH excluding ortho intramolecular Hbond substituents is 2. The third-order valence-corrected chi connectivity index (χ3v) is 5.47. The minimum absolute atomic E-state index is 0.243. The predicted molar refractivity (Wildman–Crippen MR) is 111 cm³/mol. The van der Waals surface area contributed by atoms with Crippen LogP contribution in [0.4, 0.5) is 0 Å². The number of phenols is 2. The summed E-state index contributed by atoms with van der Waals surface area (Å²) < 4.78 is 0. The molecule has 0 heterocycles. The molecule has 0 saturated carbocycles. The number of aromatic hydroxyl groups is 2. The highest BCUT2D eigenvalue weighted by Crippen LogP contribution is 2.42. The molecule has 4 aromatic carbocycles. The monoisotopic (exact) mass is 370 g/mol. The second kappa shape index (κ2) is 7.60. The second-order valence-electron chi connectivity index (χ2n) is 6.20. The molecule has 0 aliphatic heterocycles. The van der Waals surface area contributed by atoms with Crippen LogP contribution >= 0.6 is 11.8 Å². The van der Waals surface area contributed by atoms with Gasteiger partial charge in [-0.05, 0) is 58.7 Å². The summed E-state index contributed by atoms with van der Waals surface area (Å²) in [5, 5.41) is 20.0. The summed E-state index contributed by atoms with van der Waals surface area (Å²) in [7, 11) is 0. The van der Waals surface area contributed by atoms with Crippen molar-refractivity contribution < 1.29 is 10.2 Å². The van der Waals surface area contributed by atoms with Crippen molar-refractivity contribution in [1.82, 2.24) is 0 Å². The van der Waals surface area contributed by atoms with Crippen LogP contribution in [-0.4, -0.2) is 10.2 Å². The van der Waals surface area contributed by atoms with Crippen molar-refractivity contribution in [2.45, 2.75) is 9.79 Å². The molecular formula is C24H18O2S. The first-order chi connectivity index (χ1) is 13.2. The standard InChI is InChI=1S/C24H18O2S/c25-19-11-13-23(21(15-19)17-7-3-1-4-8-17)27-24-14-12-20(26)16-22(24)18-9-5-2-6-10-18/h1-16,25-26H. The summed E-state index contributed by atoms with van der Waals surface area (Å²) >= 11 is 1.63. The van der Waals surface area contributed by atoms with Gasteiger partial charge in [-0.2, -0.15) is 0 Å². The van der Waals surface area contributed by atoms with Crippen LogP contribution in [0, 0.1) is 0 Å². The van der Waals surface area contributed by atoms with Crippen molar-refractivity contribution in [3.05, 3.63) is 97.1 Å². The van der Waals surface area contributed by atoms with E-state index in [0.717, 1.165) is 32.0 Å². The van der Waals surface area contributed by atoms with Crippen LogP contribution in [0.2, 0.25) is 0 Å². The Bertz CT molecular complexity index is 973. The van der Waals surface area contributed by atoms with Crippen LogP contribution in [-0.2, 0) is 0 Å². The van der Waals surface area contributed by atoms with Crippen LogP contribution in [0.15, 0.2) is 107 Å². The van der Waals surface area contributed by atoms with Crippen LogP contribution in [0.25, 0.3) is 22.3 Å². The topological polar surface area (TPSA) is 40.5 Å². The molecule has 27 heavy (non-hydrogen) atoms. The van der Waals surface area contributed by atoms with Gasteiger partial charge >= 0.3 is 0 Å². The van der Waals surface area contributed by atoms with E-state index in [9.17, 15) is 10.2 Å². The van der Waals surface area contributed by atoms with Crippen LogP contribution in [0.3, 0.4) is 0 Å². The van der Waals surface area contributed by atoms with Crippen LogP contribution in [0.5, 0.6) is 11.5 Å². The van der Waals surface area contributed by atoms with E-state index in [0.29, 0.717) is 0 Å². The molecule has 3 heteroatoms. The molecule has 0 spiro atoms. The zero-order chi connectivity index (χ0) is 18.6. The molecule has 0 aromatic heterocycles. The Kier molecular flexibility index (Phi) is 4.86. The van der Waals surface area contributed by atoms with E-state index in [4.69, 9.17) is 0 Å². The van der Waals surface area contributed by atoms with Gasteiger partial charge in [0, 0.05) is 9.79 Å². The average molecular weight is 370 g/mol. The van der Waals surface area contributed by atoms with E-state index < -0.39 is 0 Å². The molecule has 0 aliphatic rings. The first-order valence-corrected chi connectivity index (χ1v) is 9.47. The van der Waals surface area contributed by atoms with E-state index in [1.807, 2.05) is 72.8 Å². The maximum atomic E-state index is 9.99. The Morgan fingerprint density at radius 3 is 1.30 bits per heavy atom. The third-order valence-electron chi connectivity index (χ3n) is 4.32. The van der Waals surface area contributed by atoms with Gasteiger partial charge in [0.05, 0.1) is 0 Å². The van der Waals surface area contributed by atoms with Gasteiger partial charge in [-0.3, -0.25) is 0 Å². The average Bonchev–Trinajstić information content (AvgIpc) is 2.72. The first-order valence-electron chi connectivity index (χ1n) is 8.65. The van der Waals surface area contributed by atoms with Crippen LogP contribution < -0.4 is 0 Å². The summed E-state index contributed by atoms with van der Waals surface area (Å²) in [4.78, 5) is 2.09. The van der Waals surface area contributed by atoms with Gasteiger partial charge in [-0.15, -0.1) is 0 Å². The molecule has 132 valence electrons. The van der Waals surface area contributed by atoms with Crippen molar-refractivity contribution >= 4 is 11.8 Å². The lowest BCUT2D eigenvalue weighted by molar-refractivity contribution is 0.474. The number of benzene rings is 4. The molecular weight excluding hydrogens is 352 g/mol. The fourth-order valence-electron chi connectivity index (χ4n) is 3.02. The van der Waals surface area contributed by atoms with E-state index in [1.54, 1.807) is 36.0 Å². The zero-order valence-corrected chi connectivity index (χ0v) is 15.4. The zero-order valence-electron chi connectivity index (χ0n) is 14.5. The highest BCUT2D eigenvalue weighted by Gasteiger charge is 2.12. The molecule has 0 fully saturated rings. The summed E-state index contributed by atoms with van der Waals surface area (Å²) in [6.07, 6.45) is 0. The molecule has 4 rings (SSSR count). The fraction of sp³-hybridized carbons (Fsp3) is 0. The largest absolute Gasteiger partial charge is 0.508 e. The molecule has 2 nitrogen and oxygen atoms in total. The van der Waals surface area contributed by atoms with Gasteiger partial charge in [0.25, 0.3) is 0 Å². The Hall–Kier alpha value is -3.17. The Balaban J connectivity index is 1.80. The van der Waals surface area contributed by atoms with Gasteiger partial charge in [0.2, 0.25) is 0 Å². The molecule has 0 amide bonds. The minimum Gasteiger partial charge on any atom is -0.508 e. The Morgan fingerprint density at radius 1 is 0.481 bits per heavy atom. The van der Waals surface area contributed by atoms with E-state index in [2.05, 4.69) is 0 Å². The molecule has 0 bridgehead atoms. The number of hydrogen-bond acceptors (Lipinski definition) is 3. The molecule has 0 atom stereocenters. The number of hydrogen-bond donors (Lipinski definition) is 2. The molecule has 0 radical (unpaired) electrons. The molecule has 4 aromatic rings. The van der Waals surface area contributed by atoms with E-state index >= 15 is 0 Å². The maximum Gasteiger partial charge on any atom is 0.116 e. The van der Waals surface area contributed by atoms with Crippen molar-refractivity contribution in [1.29, 1.82) is 0 Å². The smallest absolute Gasteiger partial charge is 0.116 e. The molecule has 2 N–H and O–H groups in total. The summed E-state index contributed by atoms with van der Waals surface area (Å²) in [5.74, 6) is 0.486. The molecule has 0 aliphatic carbocycles. The highest BCUT2D eigenvalue weighted by atomic mass is 32.2. The van der Waals surface area contributed by atoms with Gasteiger partial charge in [0.1, 0.15) is 11.5 Å². The number of rotatable bonds is 4. The lowest BCUT2D eigenvalue weighted by Crippen LogP contribution is -1.86. The lowest BCUT2D eigenvalue weighted by atomic mass is 10.1. The van der Waals surface area contributed by atoms with Crippen molar-refractivity contribution in [2.24, 2.45) is 0 Å². The Morgan fingerprint density at radius 2 is 0.889 bits per heavy atom. The normalized spacial score (nSPS) is 10.7. The predicted octanol–water partition coefficient (Wildman–Crippen LogP) is 6.58. The van der Waals surface area contributed by atoms with Crippen molar-refractivity contribution in [3.8, 4) is 33.8 Å². The fourth-order valence-corrected chi connectivity index (χ4v) is 4.10. The first kappa shape index (κ1) is 17.3. The minimum atomic E-state index is 0.243. The van der Waals surface area contributed by atoms with Crippen molar-refractivity contribution in [2.75, 3.05) is 0 Å². The summed E-state index contributed by atoms with van der Waals surface area (Å²) in [5.41, 5.74) is 4.06. The van der Waals surface area contributed by atoms with E-state index in [1.165, 1.54) is 0 Å².